The van der Waals surface area contributed by atoms with Crippen LogP contribution in [0.4, 0.5) is 17.3 Å². The van der Waals surface area contributed by atoms with Crippen molar-refractivity contribution in [1.82, 2.24) is 19.9 Å². The highest BCUT2D eigenvalue weighted by molar-refractivity contribution is 5.80. The van der Waals surface area contributed by atoms with Gasteiger partial charge in [0.25, 0.3) is 0 Å². The van der Waals surface area contributed by atoms with Gasteiger partial charge < -0.3 is 11.1 Å². The van der Waals surface area contributed by atoms with E-state index in [9.17, 15) is 0 Å². The molecule has 2 heterocycles. The van der Waals surface area contributed by atoms with Crippen LogP contribution in [-0.4, -0.2) is 19.9 Å². The van der Waals surface area contributed by atoms with E-state index in [0.717, 1.165) is 11.0 Å². The lowest BCUT2D eigenvalue weighted by molar-refractivity contribution is 1.16. The van der Waals surface area contributed by atoms with Crippen molar-refractivity contribution in [3.8, 4) is 0 Å². The average Bonchev–Trinajstić information content (AvgIpc) is 2.41. The minimum atomic E-state index is 0.345. The fourth-order valence-corrected chi connectivity index (χ4v) is 1.61. The highest BCUT2D eigenvalue weighted by Gasteiger charge is 2.05. The first-order chi connectivity index (χ1) is 8.83. The second-order valence-electron chi connectivity index (χ2n) is 3.70. The summed E-state index contributed by atoms with van der Waals surface area (Å²) in [7, 11) is 0. The molecule has 0 spiro atoms. The quantitative estimate of drug-likeness (QED) is 0.706. The first-order valence-electron chi connectivity index (χ1n) is 5.37. The Morgan fingerprint density at radius 2 is 1.61 bits per heavy atom. The van der Waals surface area contributed by atoms with E-state index in [4.69, 9.17) is 5.73 Å². The van der Waals surface area contributed by atoms with E-state index < -0.39 is 0 Å². The standard InChI is InChI=1S/C12H10N6/c13-11-12(16-8-5-14-7-15-6-8)18-10-4-2-1-3-9(10)17-11/h1-7H,(H2,13,17)(H,16,18). The zero-order valence-electron chi connectivity index (χ0n) is 9.41. The molecule has 0 fully saturated rings. The molecule has 3 aromatic rings. The second kappa shape index (κ2) is 4.25. The lowest BCUT2D eigenvalue weighted by Gasteiger charge is -2.07. The van der Waals surface area contributed by atoms with Gasteiger partial charge in [-0.15, -0.1) is 0 Å². The third-order valence-electron chi connectivity index (χ3n) is 2.42. The van der Waals surface area contributed by atoms with Gasteiger partial charge in [0, 0.05) is 0 Å². The molecule has 0 aliphatic rings. The van der Waals surface area contributed by atoms with Crippen molar-refractivity contribution in [2.24, 2.45) is 0 Å². The van der Waals surface area contributed by atoms with Crippen molar-refractivity contribution in [2.75, 3.05) is 11.1 Å². The van der Waals surface area contributed by atoms with Gasteiger partial charge in [-0.1, -0.05) is 12.1 Å². The molecule has 0 saturated carbocycles. The molecule has 2 aromatic heterocycles. The van der Waals surface area contributed by atoms with E-state index in [1.807, 2.05) is 24.3 Å². The Morgan fingerprint density at radius 3 is 2.33 bits per heavy atom. The summed E-state index contributed by atoms with van der Waals surface area (Å²) in [4.78, 5) is 16.5. The van der Waals surface area contributed by atoms with Gasteiger partial charge >= 0.3 is 0 Å². The lowest BCUT2D eigenvalue weighted by atomic mass is 10.3. The number of hydrogen-bond donors (Lipinski definition) is 2. The summed E-state index contributed by atoms with van der Waals surface area (Å²) in [6, 6.07) is 7.56. The average molecular weight is 238 g/mol. The minimum absolute atomic E-state index is 0.345. The van der Waals surface area contributed by atoms with Gasteiger partial charge in [0.15, 0.2) is 11.6 Å². The molecule has 0 amide bonds. The molecule has 0 saturated heterocycles. The molecule has 0 aliphatic carbocycles. The molecule has 1 aromatic carbocycles. The van der Waals surface area contributed by atoms with E-state index in [1.54, 1.807) is 12.4 Å². The Bertz CT molecular complexity index is 682. The molecule has 0 atom stereocenters. The number of aromatic nitrogens is 4. The monoisotopic (exact) mass is 238 g/mol. The molecule has 88 valence electrons. The molecule has 6 nitrogen and oxygen atoms in total. The number of nitrogen functional groups attached to an aromatic ring is 1. The molecule has 0 bridgehead atoms. The number of fused-ring (bicyclic) bond motifs is 1. The van der Waals surface area contributed by atoms with Gasteiger partial charge in [-0.3, -0.25) is 0 Å². The molecule has 18 heavy (non-hydrogen) atoms. The summed E-state index contributed by atoms with van der Waals surface area (Å²) in [5, 5.41) is 3.04. The topological polar surface area (TPSA) is 89.6 Å². The highest BCUT2D eigenvalue weighted by Crippen LogP contribution is 2.21. The third-order valence-corrected chi connectivity index (χ3v) is 2.42. The van der Waals surface area contributed by atoms with Crippen molar-refractivity contribution in [3.63, 3.8) is 0 Å². The number of nitrogens with zero attached hydrogens (tertiary/aromatic N) is 4. The lowest BCUT2D eigenvalue weighted by Crippen LogP contribution is -2.02. The molecule has 0 aliphatic heterocycles. The smallest absolute Gasteiger partial charge is 0.174 e. The summed E-state index contributed by atoms with van der Waals surface area (Å²) in [6.45, 7) is 0. The minimum Gasteiger partial charge on any atom is -0.381 e. The van der Waals surface area contributed by atoms with Crippen LogP contribution in [0.1, 0.15) is 0 Å². The number of para-hydroxylation sites is 2. The number of hydrogen-bond acceptors (Lipinski definition) is 6. The molecular formula is C12H10N6. The Labute approximate surface area is 103 Å². The van der Waals surface area contributed by atoms with Crippen LogP contribution in [0.5, 0.6) is 0 Å². The highest BCUT2D eigenvalue weighted by atomic mass is 15.1. The molecule has 0 unspecified atom stereocenters. The summed E-state index contributed by atoms with van der Waals surface area (Å²) >= 11 is 0. The van der Waals surface area contributed by atoms with Crippen LogP contribution >= 0.6 is 0 Å². The van der Waals surface area contributed by atoms with Gasteiger partial charge in [-0.05, 0) is 12.1 Å². The number of benzene rings is 1. The maximum Gasteiger partial charge on any atom is 0.174 e. The summed E-state index contributed by atoms with van der Waals surface area (Å²) in [5.74, 6) is 0.848. The number of rotatable bonds is 2. The van der Waals surface area contributed by atoms with Crippen molar-refractivity contribution in [3.05, 3.63) is 43.0 Å². The SMILES string of the molecule is Nc1nc2ccccc2nc1Nc1cncnc1. The van der Waals surface area contributed by atoms with Gasteiger partial charge in [-0.2, -0.15) is 0 Å². The van der Waals surface area contributed by atoms with E-state index in [2.05, 4.69) is 25.3 Å². The van der Waals surface area contributed by atoms with Crippen molar-refractivity contribution >= 4 is 28.4 Å². The van der Waals surface area contributed by atoms with Crippen LogP contribution in [-0.2, 0) is 0 Å². The predicted molar refractivity (Wildman–Crippen MR) is 69.3 cm³/mol. The zero-order valence-corrected chi connectivity index (χ0v) is 9.41. The summed E-state index contributed by atoms with van der Waals surface area (Å²) in [5.41, 5.74) is 8.13. The number of anilines is 3. The molecule has 0 radical (unpaired) electrons. The largest absolute Gasteiger partial charge is 0.381 e. The van der Waals surface area contributed by atoms with Gasteiger partial charge in [0.05, 0.1) is 29.1 Å². The number of nitrogens with two attached hydrogens (primary N) is 1. The van der Waals surface area contributed by atoms with Gasteiger partial charge in [-0.25, -0.2) is 19.9 Å². The maximum atomic E-state index is 5.86. The fraction of sp³-hybridized carbons (Fsp3) is 0. The van der Waals surface area contributed by atoms with Crippen LogP contribution in [0.15, 0.2) is 43.0 Å². The van der Waals surface area contributed by atoms with E-state index in [-0.39, 0.29) is 0 Å². The van der Waals surface area contributed by atoms with Crippen LogP contribution in [0.2, 0.25) is 0 Å². The van der Waals surface area contributed by atoms with Crippen molar-refractivity contribution < 1.29 is 0 Å². The first-order valence-corrected chi connectivity index (χ1v) is 5.37. The van der Waals surface area contributed by atoms with Crippen molar-refractivity contribution in [2.45, 2.75) is 0 Å². The van der Waals surface area contributed by atoms with Crippen LogP contribution < -0.4 is 11.1 Å². The third kappa shape index (κ3) is 1.91. The normalized spacial score (nSPS) is 10.4. The van der Waals surface area contributed by atoms with E-state index in [1.165, 1.54) is 6.33 Å². The fourth-order valence-electron chi connectivity index (χ4n) is 1.61. The molecular weight excluding hydrogens is 228 g/mol. The second-order valence-corrected chi connectivity index (χ2v) is 3.70. The Balaban J connectivity index is 2.04. The van der Waals surface area contributed by atoms with Crippen LogP contribution in [0.25, 0.3) is 11.0 Å². The Hall–Kier alpha value is -2.76. The molecule has 3 rings (SSSR count). The first kappa shape index (κ1) is 10.4. The summed E-state index contributed by atoms with van der Waals surface area (Å²) in [6.07, 6.45) is 4.74. The van der Waals surface area contributed by atoms with Crippen LogP contribution in [0, 0.1) is 0 Å². The van der Waals surface area contributed by atoms with Crippen LogP contribution in [0.3, 0.4) is 0 Å². The Morgan fingerprint density at radius 1 is 0.944 bits per heavy atom. The van der Waals surface area contributed by atoms with Crippen molar-refractivity contribution in [1.29, 1.82) is 0 Å². The molecule has 6 heteroatoms. The Kier molecular flexibility index (Phi) is 2.45. The van der Waals surface area contributed by atoms with E-state index in [0.29, 0.717) is 17.3 Å². The number of nitrogens with one attached hydrogen (secondary N) is 1. The molecule has 3 N–H and O–H groups in total. The predicted octanol–water partition coefficient (Wildman–Crippen LogP) is 1.75. The van der Waals surface area contributed by atoms with Gasteiger partial charge in [0.2, 0.25) is 0 Å². The van der Waals surface area contributed by atoms with E-state index >= 15 is 0 Å². The zero-order chi connectivity index (χ0) is 12.4. The van der Waals surface area contributed by atoms with Gasteiger partial charge in [0.1, 0.15) is 6.33 Å². The summed E-state index contributed by atoms with van der Waals surface area (Å²) < 4.78 is 0. The maximum absolute atomic E-state index is 5.86.